The van der Waals surface area contributed by atoms with Crippen LogP contribution in [0.1, 0.15) is 53.1 Å². The van der Waals surface area contributed by atoms with Crippen molar-refractivity contribution in [1.82, 2.24) is 19.9 Å². The first kappa shape index (κ1) is 22.0. The van der Waals surface area contributed by atoms with E-state index < -0.39 is 0 Å². The van der Waals surface area contributed by atoms with Crippen LogP contribution in [0.5, 0.6) is 0 Å². The Morgan fingerprint density at radius 1 is 1.00 bits per heavy atom. The van der Waals surface area contributed by atoms with Gasteiger partial charge in [0.15, 0.2) is 5.78 Å². The molecule has 3 aromatic rings. The van der Waals surface area contributed by atoms with Crippen molar-refractivity contribution in [1.29, 1.82) is 0 Å². The number of Topliss-reactive ketones (excluding diaryl/α,β-unsaturated/α-hetero) is 1. The van der Waals surface area contributed by atoms with Gasteiger partial charge in [0.1, 0.15) is 0 Å². The maximum absolute atomic E-state index is 12.7. The average Bonchev–Trinajstić information content (AvgIpc) is 3.55. The number of hydrogen-bond acceptors (Lipinski definition) is 7. The molecule has 0 unspecified atom stereocenters. The quantitative estimate of drug-likeness (QED) is 0.492. The number of rotatable bonds is 7. The second-order valence-corrected chi connectivity index (χ2v) is 9.71. The molecule has 0 saturated carbocycles. The Morgan fingerprint density at radius 3 is 2.61 bits per heavy atom. The van der Waals surface area contributed by atoms with Gasteiger partial charge >= 0.3 is 0 Å². The summed E-state index contributed by atoms with van der Waals surface area (Å²) in [5.74, 6) is 1.33. The topological polar surface area (TPSA) is 79.5 Å². The third-order valence-corrected chi connectivity index (χ3v) is 7.40. The number of fused-ring (bicyclic) bond motifs is 1. The predicted molar refractivity (Wildman–Crippen MR) is 126 cm³/mol. The number of piperazine rings is 1. The first-order chi connectivity index (χ1) is 16.2. The number of ketones is 1. The molecule has 1 aromatic carbocycles. The lowest BCUT2D eigenvalue weighted by Gasteiger charge is -2.34. The summed E-state index contributed by atoms with van der Waals surface area (Å²) in [4.78, 5) is 34.9. The number of aryl methyl sites for hydroxylation is 2. The molecule has 7 nitrogen and oxygen atoms in total. The van der Waals surface area contributed by atoms with Crippen LogP contribution in [0, 0.1) is 0 Å². The third kappa shape index (κ3) is 5.23. The highest BCUT2D eigenvalue weighted by molar-refractivity contribution is 7.13. The summed E-state index contributed by atoms with van der Waals surface area (Å²) < 4.78 is 5.39. The average molecular weight is 465 g/mol. The Hall–Kier alpha value is -2.84. The summed E-state index contributed by atoms with van der Waals surface area (Å²) in [6, 6.07) is 10.0. The summed E-state index contributed by atoms with van der Waals surface area (Å²) in [5, 5.41) is 6.05. The molecule has 1 aliphatic carbocycles. The number of carbonyl (C=O) groups is 2. The Balaban J connectivity index is 1.07. The minimum Gasteiger partial charge on any atom is -0.340 e. The molecule has 2 aliphatic rings. The van der Waals surface area contributed by atoms with Gasteiger partial charge in [-0.25, -0.2) is 0 Å². The fourth-order valence-electron chi connectivity index (χ4n) is 4.60. The Labute approximate surface area is 197 Å². The Bertz CT molecular complexity index is 1120. The predicted octanol–water partition coefficient (Wildman–Crippen LogP) is 3.98. The van der Waals surface area contributed by atoms with Crippen LogP contribution in [0.2, 0.25) is 0 Å². The standard InChI is InChI=1S/C25H28N4O3S/c30-21(20-8-7-18-4-1-2-5-19(18)16-20)9-10-24(31)29-13-11-28(12-14-29)17-23-26-25(27-32-23)22-6-3-15-33-22/h3,6-8,15-16H,1-2,4-5,9-14,17H2. The highest BCUT2D eigenvalue weighted by Gasteiger charge is 2.23. The first-order valence-electron chi connectivity index (χ1n) is 11.7. The largest absolute Gasteiger partial charge is 0.340 e. The lowest BCUT2D eigenvalue weighted by molar-refractivity contribution is -0.133. The molecular weight excluding hydrogens is 436 g/mol. The van der Waals surface area contributed by atoms with Crippen molar-refractivity contribution in [3.8, 4) is 10.7 Å². The van der Waals surface area contributed by atoms with E-state index in [-0.39, 0.29) is 24.5 Å². The van der Waals surface area contributed by atoms with Crippen LogP contribution in [0.4, 0.5) is 0 Å². The SMILES string of the molecule is O=C(CCC(=O)N1CCN(Cc2nc(-c3cccs3)no2)CC1)c1ccc2c(c1)CCCC2. The van der Waals surface area contributed by atoms with Crippen molar-refractivity contribution >= 4 is 23.0 Å². The Morgan fingerprint density at radius 2 is 1.82 bits per heavy atom. The molecule has 1 aliphatic heterocycles. The van der Waals surface area contributed by atoms with E-state index in [2.05, 4.69) is 21.1 Å². The number of carbonyl (C=O) groups excluding carboxylic acids is 2. The molecule has 1 fully saturated rings. The van der Waals surface area contributed by atoms with Gasteiger partial charge in [-0.1, -0.05) is 23.4 Å². The van der Waals surface area contributed by atoms with Gasteiger partial charge in [0.2, 0.25) is 17.6 Å². The smallest absolute Gasteiger partial charge is 0.241 e. The summed E-state index contributed by atoms with van der Waals surface area (Å²) >= 11 is 1.58. The number of aromatic nitrogens is 2. The Kier molecular flexibility index (Phi) is 6.64. The number of nitrogens with zero attached hydrogens (tertiary/aromatic N) is 4. The molecule has 172 valence electrons. The van der Waals surface area contributed by atoms with Crippen LogP contribution >= 0.6 is 11.3 Å². The van der Waals surface area contributed by atoms with Gasteiger partial charge in [-0.15, -0.1) is 11.3 Å². The van der Waals surface area contributed by atoms with E-state index in [1.807, 2.05) is 34.5 Å². The maximum Gasteiger partial charge on any atom is 0.241 e. The normalized spacial score (nSPS) is 16.5. The molecule has 1 amide bonds. The fourth-order valence-corrected chi connectivity index (χ4v) is 5.25. The van der Waals surface area contributed by atoms with Crippen molar-refractivity contribution in [2.24, 2.45) is 0 Å². The maximum atomic E-state index is 12.7. The van der Waals surface area contributed by atoms with Gasteiger partial charge in [0.05, 0.1) is 11.4 Å². The van der Waals surface area contributed by atoms with Crippen LogP contribution in [0.25, 0.3) is 10.7 Å². The molecule has 0 atom stereocenters. The lowest BCUT2D eigenvalue weighted by atomic mass is 9.89. The number of amides is 1. The highest BCUT2D eigenvalue weighted by atomic mass is 32.1. The van der Waals surface area contributed by atoms with E-state index >= 15 is 0 Å². The fraction of sp³-hybridized carbons (Fsp3) is 0.440. The van der Waals surface area contributed by atoms with Crippen molar-refractivity contribution in [2.45, 2.75) is 45.1 Å². The molecule has 3 heterocycles. The second-order valence-electron chi connectivity index (χ2n) is 8.76. The lowest BCUT2D eigenvalue weighted by Crippen LogP contribution is -2.48. The summed E-state index contributed by atoms with van der Waals surface area (Å²) in [6.07, 6.45) is 5.12. The van der Waals surface area contributed by atoms with Crippen molar-refractivity contribution in [3.05, 3.63) is 58.3 Å². The van der Waals surface area contributed by atoms with E-state index in [9.17, 15) is 9.59 Å². The molecule has 0 radical (unpaired) electrons. The number of hydrogen-bond donors (Lipinski definition) is 0. The van der Waals surface area contributed by atoms with Crippen LogP contribution in [-0.4, -0.2) is 57.8 Å². The van der Waals surface area contributed by atoms with Crippen molar-refractivity contribution in [3.63, 3.8) is 0 Å². The van der Waals surface area contributed by atoms with Crippen LogP contribution in [-0.2, 0) is 24.2 Å². The van der Waals surface area contributed by atoms with E-state index in [1.54, 1.807) is 11.3 Å². The van der Waals surface area contributed by atoms with E-state index in [0.717, 1.165) is 36.4 Å². The monoisotopic (exact) mass is 464 g/mol. The van der Waals surface area contributed by atoms with Crippen molar-refractivity contribution < 1.29 is 14.1 Å². The molecule has 33 heavy (non-hydrogen) atoms. The first-order valence-corrected chi connectivity index (χ1v) is 12.6. The zero-order valence-electron chi connectivity index (χ0n) is 18.7. The van der Waals surface area contributed by atoms with Crippen LogP contribution in [0.15, 0.2) is 40.2 Å². The molecule has 5 rings (SSSR count). The van der Waals surface area contributed by atoms with Gasteiger partial charge in [-0.2, -0.15) is 4.98 Å². The van der Waals surface area contributed by atoms with Gasteiger partial charge in [-0.05, 0) is 54.3 Å². The molecule has 0 N–H and O–H groups in total. The van der Waals surface area contributed by atoms with E-state index in [0.29, 0.717) is 31.3 Å². The molecule has 1 saturated heterocycles. The molecule has 0 spiro atoms. The summed E-state index contributed by atoms with van der Waals surface area (Å²) in [6.45, 7) is 3.38. The minimum absolute atomic E-state index is 0.0544. The third-order valence-electron chi connectivity index (χ3n) is 6.53. The van der Waals surface area contributed by atoms with Crippen LogP contribution in [0.3, 0.4) is 0 Å². The highest BCUT2D eigenvalue weighted by Crippen LogP contribution is 2.24. The van der Waals surface area contributed by atoms with Gasteiger partial charge in [-0.3, -0.25) is 14.5 Å². The number of benzene rings is 1. The summed E-state index contributed by atoms with van der Waals surface area (Å²) in [7, 11) is 0. The van der Waals surface area contributed by atoms with Gasteiger partial charge in [0, 0.05) is 44.6 Å². The van der Waals surface area contributed by atoms with Crippen LogP contribution < -0.4 is 0 Å². The minimum atomic E-state index is 0.0544. The van der Waals surface area contributed by atoms with E-state index in [4.69, 9.17) is 4.52 Å². The van der Waals surface area contributed by atoms with Crippen molar-refractivity contribution in [2.75, 3.05) is 26.2 Å². The molecule has 0 bridgehead atoms. The number of thiophene rings is 1. The zero-order chi connectivity index (χ0) is 22.6. The molecular formula is C25H28N4O3S. The molecule has 8 heteroatoms. The molecule has 2 aromatic heterocycles. The van der Waals surface area contributed by atoms with E-state index in [1.165, 1.54) is 24.0 Å². The zero-order valence-corrected chi connectivity index (χ0v) is 19.5. The van der Waals surface area contributed by atoms with Gasteiger partial charge in [0.25, 0.3) is 0 Å². The summed E-state index contributed by atoms with van der Waals surface area (Å²) in [5.41, 5.74) is 3.42. The van der Waals surface area contributed by atoms with Gasteiger partial charge < -0.3 is 9.42 Å². The second kappa shape index (κ2) is 9.97.